The molecule has 1 aromatic rings. The number of Topliss-reactive ketones (excluding diaryl/α,β-unsaturated/α-hetero) is 2. The zero-order valence-electron chi connectivity index (χ0n) is 10.3. The molecule has 0 aromatic heterocycles. The summed E-state index contributed by atoms with van der Waals surface area (Å²) in [5.41, 5.74) is 0.372. The minimum Gasteiger partial charge on any atom is -0.326 e. The predicted molar refractivity (Wildman–Crippen MR) is 66.2 cm³/mol. The normalized spacial score (nSPS) is 18.7. The average molecular weight is 245 g/mol. The van der Waals surface area contributed by atoms with Crippen LogP contribution >= 0.6 is 0 Å². The second-order valence-corrected chi connectivity index (χ2v) is 4.46. The Hall–Kier alpha value is -1.97. The summed E-state index contributed by atoms with van der Waals surface area (Å²) in [6, 6.07) is 8.01. The summed E-state index contributed by atoms with van der Waals surface area (Å²) in [5.74, 6) is -1.16. The van der Waals surface area contributed by atoms with Crippen molar-refractivity contribution in [2.45, 2.75) is 25.8 Å². The van der Waals surface area contributed by atoms with Gasteiger partial charge in [-0.25, -0.2) is 0 Å². The van der Waals surface area contributed by atoms with Crippen LogP contribution in [0, 0.1) is 0 Å². The van der Waals surface area contributed by atoms with E-state index in [0.717, 1.165) is 6.42 Å². The Morgan fingerprint density at radius 2 is 1.83 bits per heavy atom. The molecule has 18 heavy (non-hydrogen) atoms. The van der Waals surface area contributed by atoms with E-state index in [4.69, 9.17) is 0 Å². The molecule has 94 valence electrons. The molecule has 2 rings (SSSR count). The van der Waals surface area contributed by atoms with Crippen molar-refractivity contribution in [1.82, 2.24) is 4.90 Å². The van der Waals surface area contributed by atoms with Crippen molar-refractivity contribution < 1.29 is 14.4 Å². The molecule has 1 saturated heterocycles. The van der Waals surface area contributed by atoms with Crippen molar-refractivity contribution in [2.75, 3.05) is 6.54 Å². The molecule has 0 aliphatic carbocycles. The van der Waals surface area contributed by atoms with Crippen LogP contribution in [0.3, 0.4) is 0 Å². The maximum atomic E-state index is 12.1. The van der Waals surface area contributed by atoms with Crippen LogP contribution in [0.2, 0.25) is 0 Å². The molecule has 0 saturated carbocycles. The molecule has 4 nitrogen and oxygen atoms in total. The molecular weight excluding hydrogens is 230 g/mol. The van der Waals surface area contributed by atoms with Gasteiger partial charge in [0.05, 0.1) is 6.04 Å². The van der Waals surface area contributed by atoms with Gasteiger partial charge in [0.2, 0.25) is 5.78 Å². The van der Waals surface area contributed by atoms with Crippen LogP contribution < -0.4 is 0 Å². The molecule has 0 spiro atoms. The largest absolute Gasteiger partial charge is 0.326 e. The van der Waals surface area contributed by atoms with Crippen LogP contribution in [0.15, 0.2) is 30.3 Å². The SMILES string of the molecule is CC(=O)[C@H]1CCCN1C(=O)C(=O)c1ccccc1. The van der Waals surface area contributed by atoms with E-state index in [2.05, 4.69) is 0 Å². The predicted octanol–water partition coefficient (Wildman–Crippen LogP) is 1.45. The van der Waals surface area contributed by atoms with Gasteiger partial charge in [0.25, 0.3) is 5.91 Å². The Labute approximate surface area is 106 Å². The molecule has 0 N–H and O–H groups in total. The summed E-state index contributed by atoms with van der Waals surface area (Å²) in [6.07, 6.45) is 1.43. The van der Waals surface area contributed by atoms with E-state index in [9.17, 15) is 14.4 Å². The van der Waals surface area contributed by atoms with Crippen molar-refractivity contribution in [2.24, 2.45) is 0 Å². The molecule has 0 radical (unpaired) electrons. The second-order valence-electron chi connectivity index (χ2n) is 4.46. The van der Waals surface area contributed by atoms with Gasteiger partial charge >= 0.3 is 0 Å². The Bertz CT molecular complexity index is 481. The van der Waals surface area contributed by atoms with Gasteiger partial charge in [0.15, 0.2) is 5.78 Å². The number of hydrogen-bond acceptors (Lipinski definition) is 3. The highest BCUT2D eigenvalue weighted by molar-refractivity contribution is 6.43. The first-order chi connectivity index (χ1) is 8.61. The van der Waals surface area contributed by atoms with E-state index >= 15 is 0 Å². The van der Waals surface area contributed by atoms with Crippen molar-refractivity contribution in [3.8, 4) is 0 Å². The number of ketones is 2. The first-order valence-electron chi connectivity index (χ1n) is 6.02. The topological polar surface area (TPSA) is 54.5 Å². The Morgan fingerprint density at radius 1 is 1.17 bits per heavy atom. The fourth-order valence-electron chi connectivity index (χ4n) is 2.28. The van der Waals surface area contributed by atoms with Crippen LogP contribution in [-0.2, 0) is 9.59 Å². The monoisotopic (exact) mass is 245 g/mol. The van der Waals surface area contributed by atoms with Crippen molar-refractivity contribution in [1.29, 1.82) is 0 Å². The van der Waals surface area contributed by atoms with Crippen molar-refractivity contribution in [3.05, 3.63) is 35.9 Å². The molecule has 1 amide bonds. The van der Waals surface area contributed by atoms with Crippen molar-refractivity contribution in [3.63, 3.8) is 0 Å². The van der Waals surface area contributed by atoms with E-state index in [1.807, 2.05) is 0 Å². The summed E-state index contributed by atoms with van der Waals surface area (Å²) < 4.78 is 0. The van der Waals surface area contributed by atoms with E-state index in [1.54, 1.807) is 30.3 Å². The molecule has 1 aliphatic rings. The van der Waals surface area contributed by atoms with Gasteiger partial charge in [0.1, 0.15) is 0 Å². The van der Waals surface area contributed by atoms with Gasteiger partial charge in [-0.2, -0.15) is 0 Å². The van der Waals surface area contributed by atoms with Gasteiger partial charge in [-0.15, -0.1) is 0 Å². The van der Waals surface area contributed by atoms with Gasteiger partial charge in [-0.05, 0) is 19.8 Å². The van der Waals surface area contributed by atoms with Crippen LogP contribution in [0.25, 0.3) is 0 Å². The minimum atomic E-state index is -0.570. The first kappa shape index (κ1) is 12.5. The summed E-state index contributed by atoms with van der Waals surface area (Å²) in [5, 5.41) is 0. The molecule has 0 bridgehead atoms. The smallest absolute Gasteiger partial charge is 0.295 e. The highest BCUT2D eigenvalue weighted by Gasteiger charge is 2.35. The van der Waals surface area contributed by atoms with Gasteiger partial charge in [-0.3, -0.25) is 14.4 Å². The Kier molecular flexibility index (Phi) is 3.55. The average Bonchev–Trinajstić information content (AvgIpc) is 2.87. The van der Waals surface area contributed by atoms with E-state index < -0.39 is 17.7 Å². The van der Waals surface area contributed by atoms with E-state index in [1.165, 1.54) is 11.8 Å². The summed E-state index contributed by atoms with van der Waals surface area (Å²) in [6.45, 7) is 1.95. The molecule has 1 heterocycles. The number of likely N-dealkylation sites (tertiary alicyclic amines) is 1. The zero-order valence-corrected chi connectivity index (χ0v) is 10.3. The zero-order chi connectivity index (χ0) is 13.1. The van der Waals surface area contributed by atoms with Crippen LogP contribution in [0.4, 0.5) is 0 Å². The van der Waals surface area contributed by atoms with Gasteiger partial charge in [0, 0.05) is 12.1 Å². The fourth-order valence-corrected chi connectivity index (χ4v) is 2.28. The molecule has 1 atom stereocenters. The fraction of sp³-hybridized carbons (Fsp3) is 0.357. The molecule has 4 heteroatoms. The van der Waals surface area contributed by atoms with Crippen LogP contribution in [-0.4, -0.2) is 35.0 Å². The highest BCUT2D eigenvalue weighted by Crippen LogP contribution is 2.19. The number of benzene rings is 1. The quantitative estimate of drug-likeness (QED) is 0.598. The highest BCUT2D eigenvalue weighted by atomic mass is 16.2. The molecule has 1 aromatic carbocycles. The maximum absolute atomic E-state index is 12.1. The van der Waals surface area contributed by atoms with Crippen LogP contribution in [0.1, 0.15) is 30.1 Å². The lowest BCUT2D eigenvalue weighted by Crippen LogP contribution is -2.43. The number of carbonyl (C=O) groups excluding carboxylic acids is 3. The lowest BCUT2D eigenvalue weighted by Gasteiger charge is -2.21. The molecule has 0 unspecified atom stereocenters. The molecule has 1 fully saturated rings. The summed E-state index contributed by atoms with van der Waals surface area (Å²) in [4.78, 5) is 36.9. The summed E-state index contributed by atoms with van der Waals surface area (Å²) >= 11 is 0. The van der Waals surface area contributed by atoms with E-state index in [-0.39, 0.29) is 5.78 Å². The van der Waals surface area contributed by atoms with Crippen LogP contribution in [0.5, 0.6) is 0 Å². The lowest BCUT2D eigenvalue weighted by atomic mass is 10.1. The standard InChI is InChI=1S/C14H15NO3/c1-10(16)12-8-5-9-15(12)14(18)13(17)11-6-3-2-4-7-11/h2-4,6-7,12H,5,8-9H2,1H3/t12-/m1/s1. The first-order valence-corrected chi connectivity index (χ1v) is 6.02. The number of carbonyl (C=O) groups is 3. The Balaban J connectivity index is 2.17. The third kappa shape index (κ3) is 2.32. The van der Waals surface area contributed by atoms with E-state index in [0.29, 0.717) is 18.5 Å². The second kappa shape index (κ2) is 5.12. The molecular formula is C14H15NO3. The third-order valence-corrected chi connectivity index (χ3v) is 3.21. The van der Waals surface area contributed by atoms with Gasteiger partial charge < -0.3 is 4.90 Å². The van der Waals surface area contributed by atoms with Crippen molar-refractivity contribution >= 4 is 17.5 Å². The summed E-state index contributed by atoms with van der Waals surface area (Å²) in [7, 11) is 0. The maximum Gasteiger partial charge on any atom is 0.295 e. The number of hydrogen-bond donors (Lipinski definition) is 0. The number of amides is 1. The third-order valence-electron chi connectivity index (χ3n) is 3.21. The number of rotatable bonds is 3. The lowest BCUT2D eigenvalue weighted by molar-refractivity contribution is -0.133. The van der Waals surface area contributed by atoms with Gasteiger partial charge in [-0.1, -0.05) is 30.3 Å². The number of nitrogens with zero attached hydrogens (tertiary/aromatic N) is 1. The Morgan fingerprint density at radius 3 is 2.44 bits per heavy atom. The molecule has 1 aliphatic heterocycles. The minimum absolute atomic E-state index is 0.0540.